The Morgan fingerprint density at radius 2 is 1.78 bits per heavy atom. The van der Waals surface area contributed by atoms with E-state index < -0.39 is 10.0 Å². The van der Waals surface area contributed by atoms with E-state index in [1.54, 1.807) is 18.2 Å². The summed E-state index contributed by atoms with van der Waals surface area (Å²) in [6.07, 6.45) is 1.68. The summed E-state index contributed by atoms with van der Waals surface area (Å²) in [6, 6.07) is 11.6. The molecule has 2 aromatic carbocycles. The number of amides is 1. The summed E-state index contributed by atoms with van der Waals surface area (Å²) >= 11 is 1.21. The molecule has 0 radical (unpaired) electrons. The molecule has 1 heterocycles. The number of sulfonamides is 1. The zero-order valence-corrected chi connectivity index (χ0v) is 15.9. The molecule has 1 aliphatic heterocycles. The van der Waals surface area contributed by atoms with Crippen LogP contribution < -0.4 is 5.14 Å². The van der Waals surface area contributed by atoms with Crippen molar-refractivity contribution < 1.29 is 17.6 Å². The van der Waals surface area contributed by atoms with E-state index in [9.17, 15) is 17.6 Å². The highest BCUT2D eigenvalue weighted by atomic mass is 32.2. The van der Waals surface area contributed by atoms with Crippen LogP contribution in [-0.2, 0) is 14.8 Å². The molecule has 2 aromatic rings. The molecular weight excluding hydrogens is 389 g/mol. The minimum atomic E-state index is -3.77. The molecular formula is C18H16FN3O3S2. The highest BCUT2D eigenvalue weighted by molar-refractivity contribution is 8.18. The molecule has 0 atom stereocenters. The van der Waals surface area contributed by atoms with Gasteiger partial charge < -0.3 is 0 Å². The second-order valence-corrected chi connectivity index (χ2v) is 8.22. The van der Waals surface area contributed by atoms with Crippen molar-refractivity contribution in [1.82, 2.24) is 4.90 Å². The molecule has 140 valence electrons. The van der Waals surface area contributed by atoms with Gasteiger partial charge in [0.15, 0.2) is 5.17 Å². The van der Waals surface area contributed by atoms with Crippen molar-refractivity contribution in [2.24, 2.45) is 10.1 Å². The number of thioether (sulfide) groups is 1. The van der Waals surface area contributed by atoms with Crippen LogP contribution in [0.15, 0.2) is 63.3 Å². The lowest BCUT2D eigenvalue weighted by molar-refractivity contribution is -0.122. The van der Waals surface area contributed by atoms with Crippen LogP contribution in [0.5, 0.6) is 0 Å². The Bertz CT molecular complexity index is 1030. The van der Waals surface area contributed by atoms with Gasteiger partial charge in [-0.1, -0.05) is 12.1 Å². The van der Waals surface area contributed by atoms with Crippen molar-refractivity contribution in [3.8, 4) is 0 Å². The standard InChI is InChI=1S/C18H16FN3O3S2/c1-2-22-17(23)16(11-12-3-5-13(19)6-4-12)26-18(22)21-14-7-9-15(10-8-14)27(20,24)25/h3-11H,2H2,1H3,(H2,20,24,25)/b16-11+,21-18?. The molecule has 1 aliphatic rings. The molecule has 0 bridgehead atoms. The molecule has 0 unspecified atom stereocenters. The Morgan fingerprint density at radius 1 is 1.15 bits per heavy atom. The van der Waals surface area contributed by atoms with Crippen LogP contribution in [0.1, 0.15) is 12.5 Å². The third-order valence-electron chi connectivity index (χ3n) is 3.76. The van der Waals surface area contributed by atoms with Gasteiger partial charge >= 0.3 is 0 Å². The number of halogens is 1. The van der Waals surface area contributed by atoms with E-state index in [0.29, 0.717) is 27.9 Å². The summed E-state index contributed by atoms with van der Waals surface area (Å²) in [5.74, 6) is -0.533. The highest BCUT2D eigenvalue weighted by Crippen LogP contribution is 2.34. The molecule has 27 heavy (non-hydrogen) atoms. The van der Waals surface area contributed by atoms with E-state index in [2.05, 4.69) is 4.99 Å². The number of hydrogen-bond donors (Lipinski definition) is 1. The smallest absolute Gasteiger partial charge is 0.266 e. The van der Waals surface area contributed by atoms with Crippen molar-refractivity contribution >= 4 is 44.6 Å². The number of nitrogens with two attached hydrogens (primary N) is 1. The fraction of sp³-hybridized carbons (Fsp3) is 0.111. The first-order chi connectivity index (χ1) is 12.8. The van der Waals surface area contributed by atoms with Gasteiger partial charge in [0.25, 0.3) is 5.91 Å². The van der Waals surface area contributed by atoms with Crippen molar-refractivity contribution in [1.29, 1.82) is 0 Å². The first-order valence-electron chi connectivity index (χ1n) is 7.96. The Morgan fingerprint density at radius 3 is 2.33 bits per heavy atom. The Labute approximate surface area is 160 Å². The van der Waals surface area contributed by atoms with Gasteiger partial charge in [0.1, 0.15) is 5.82 Å². The maximum Gasteiger partial charge on any atom is 0.266 e. The minimum absolute atomic E-state index is 0.00848. The summed E-state index contributed by atoms with van der Waals surface area (Å²) in [6.45, 7) is 2.26. The van der Waals surface area contributed by atoms with E-state index in [4.69, 9.17) is 5.14 Å². The van der Waals surface area contributed by atoms with Crippen LogP contribution in [-0.4, -0.2) is 30.9 Å². The van der Waals surface area contributed by atoms with E-state index >= 15 is 0 Å². The average Bonchev–Trinajstić information content (AvgIpc) is 2.91. The molecule has 0 saturated carbocycles. The van der Waals surface area contributed by atoms with Gasteiger partial charge in [-0.3, -0.25) is 9.69 Å². The Kier molecular flexibility index (Phi) is 5.45. The molecule has 0 aromatic heterocycles. The topological polar surface area (TPSA) is 92.8 Å². The first kappa shape index (κ1) is 19.3. The monoisotopic (exact) mass is 405 g/mol. The molecule has 9 heteroatoms. The molecule has 3 rings (SSSR count). The molecule has 0 aliphatic carbocycles. The number of amidine groups is 1. The predicted octanol–water partition coefficient (Wildman–Crippen LogP) is 3.10. The average molecular weight is 405 g/mol. The van der Waals surface area contributed by atoms with Crippen molar-refractivity contribution in [3.05, 3.63) is 64.8 Å². The van der Waals surface area contributed by atoms with Gasteiger partial charge in [-0.15, -0.1) is 0 Å². The lowest BCUT2D eigenvalue weighted by atomic mass is 10.2. The summed E-state index contributed by atoms with van der Waals surface area (Å²) in [7, 11) is -3.77. The number of primary sulfonamides is 1. The lowest BCUT2D eigenvalue weighted by Crippen LogP contribution is -2.28. The maximum absolute atomic E-state index is 13.0. The minimum Gasteiger partial charge on any atom is -0.287 e. The summed E-state index contributed by atoms with van der Waals surface area (Å²) in [5, 5.41) is 5.57. The maximum atomic E-state index is 13.0. The van der Waals surface area contributed by atoms with E-state index in [1.165, 1.54) is 53.1 Å². The zero-order valence-electron chi connectivity index (χ0n) is 14.3. The molecule has 2 N–H and O–H groups in total. The van der Waals surface area contributed by atoms with E-state index in [0.717, 1.165) is 0 Å². The molecule has 1 amide bonds. The fourth-order valence-corrected chi connectivity index (χ4v) is 3.98. The number of aliphatic imine (C=N–C) groups is 1. The number of rotatable bonds is 4. The number of likely N-dealkylation sites (N-methyl/N-ethyl adjacent to an activating group) is 1. The van der Waals surface area contributed by atoms with Gasteiger partial charge in [0.05, 0.1) is 15.5 Å². The number of benzene rings is 2. The third-order valence-corrected chi connectivity index (χ3v) is 5.70. The Hall–Kier alpha value is -2.49. The first-order valence-corrected chi connectivity index (χ1v) is 10.3. The molecule has 1 saturated heterocycles. The molecule has 6 nitrogen and oxygen atoms in total. The van der Waals surface area contributed by atoms with Crippen LogP contribution >= 0.6 is 11.8 Å². The largest absolute Gasteiger partial charge is 0.287 e. The second kappa shape index (κ2) is 7.63. The van der Waals surface area contributed by atoms with Gasteiger partial charge in [-0.25, -0.2) is 22.9 Å². The van der Waals surface area contributed by atoms with Crippen molar-refractivity contribution in [2.45, 2.75) is 11.8 Å². The predicted molar refractivity (Wildman–Crippen MR) is 104 cm³/mol. The summed E-state index contributed by atoms with van der Waals surface area (Å²) < 4.78 is 35.7. The van der Waals surface area contributed by atoms with Crippen molar-refractivity contribution in [3.63, 3.8) is 0 Å². The summed E-state index contributed by atoms with van der Waals surface area (Å²) in [5.41, 5.74) is 1.21. The number of carbonyl (C=O) groups is 1. The van der Waals surface area contributed by atoms with Crippen LogP contribution in [0.3, 0.4) is 0 Å². The SMILES string of the molecule is CCN1C(=O)/C(=C\c2ccc(F)cc2)SC1=Nc1ccc(S(N)(=O)=O)cc1. The van der Waals surface area contributed by atoms with Crippen LogP contribution in [0.2, 0.25) is 0 Å². The quantitative estimate of drug-likeness (QED) is 0.791. The lowest BCUT2D eigenvalue weighted by Gasteiger charge is -2.12. The fourth-order valence-electron chi connectivity index (χ4n) is 2.40. The van der Waals surface area contributed by atoms with Crippen molar-refractivity contribution in [2.75, 3.05) is 6.54 Å². The number of hydrogen-bond acceptors (Lipinski definition) is 5. The van der Waals surface area contributed by atoms with Crippen LogP contribution in [0.4, 0.5) is 10.1 Å². The van der Waals surface area contributed by atoms with Crippen LogP contribution in [0.25, 0.3) is 6.08 Å². The summed E-state index contributed by atoms with van der Waals surface area (Å²) in [4.78, 5) is 19.0. The van der Waals surface area contributed by atoms with Gasteiger partial charge in [0, 0.05) is 6.54 Å². The highest BCUT2D eigenvalue weighted by Gasteiger charge is 2.32. The van der Waals surface area contributed by atoms with E-state index in [-0.39, 0.29) is 16.6 Å². The number of carbonyl (C=O) groups excluding carboxylic acids is 1. The second-order valence-electron chi connectivity index (χ2n) is 5.64. The zero-order chi connectivity index (χ0) is 19.6. The van der Waals surface area contributed by atoms with Crippen LogP contribution in [0, 0.1) is 5.82 Å². The Balaban J connectivity index is 1.90. The third kappa shape index (κ3) is 4.44. The molecule has 0 spiro atoms. The molecule has 1 fully saturated rings. The normalized spacial score (nSPS) is 17.9. The van der Waals surface area contributed by atoms with Gasteiger partial charge in [0.2, 0.25) is 10.0 Å². The van der Waals surface area contributed by atoms with Gasteiger partial charge in [-0.2, -0.15) is 0 Å². The number of nitrogens with zero attached hydrogens (tertiary/aromatic N) is 2. The van der Waals surface area contributed by atoms with Gasteiger partial charge in [-0.05, 0) is 66.7 Å². The van der Waals surface area contributed by atoms with E-state index in [1.807, 2.05) is 6.92 Å².